The number of hydrogen-bond donors (Lipinski definition) is 1. The van der Waals surface area contributed by atoms with Crippen molar-refractivity contribution in [1.82, 2.24) is 4.90 Å². The van der Waals surface area contributed by atoms with Crippen LogP contribution in [-0.4, -0.2) is 35.6 Å². The van der Waals surface area contributed by atoms with Gasteiger partial charge in [0.05, 0.1) is 6.61 Å². The first-order chi connectivity index (χ1) is 8.72. The molecule has 1 N–H and O–H groups in total. The van der Waals surface area contributed by atoms with E-state index in [1.807, 2.05) is 25.1 Å². The van der Waals surface area contributed by atoms with Gasteiger partial charge in [-0.25, -0.2) is 0 Å². The van der Waals surface area contributed by atoms with E-state index >= 15 is 0 Å². The first kappa shape index (κ1) is 14.7. The van der Waals surface area contributed by atoms with Crippen molar-refractivity contribution in [2.75, 3.05) is 19.7 Å². The molecule has 0 aliphatic heterocycles. The van der Waals surface area contributed by atoms with E-state index in [4.69, 9.17) is 5.11 Å². The standard InChI is InChI=1S/C15H23NO2/c1-3-13(14-8-6-5-7-9-14)12-15(18)16(4-2)10-11-17/h5-9,13,17H,3-4,10-12H2,1-2H3. The van der Waals surface area contributed by atoms with Crippen LogP contribution in [0.3, 0.4) is 0 Å². The second-order valence-corrected chi connectivity index (χ2v) is 4.42. The SMILES string of the molecule is CCC(CC(=O)N(CC)CCO)c1ccccc1. The lowest BCUT2D eigenvalue weighted by Gasteiger charge is -2.23. The van der Waals surface area contributed by atoms with E-state index in [-0.39, 0.29) is 18.4 Å². The van der Waals surface area contributed by atoms with Crippen LogP contribution in [0.5, 0.6) is 0 Å². The lowest BCUT2D eigenvalue weighted by Crippen LogP contribution is -2.34. The van der Waals surface area contributed by atoms with E-state index in [1.165, 1.54) is 5.56 Å². The molecule has 100 valence electrons. The minimum Gasteiger partial charge on any atom is -0.395 e. The van der Waals surface area contributed by atoms with Crippen LogP contribution in [0.15, 0.2) is 30.3 Å². The number of carbonyl (C=O) groups is 1. The molecule has 1 rings (SSSR count). The summed E-state index contributed by atoms with van der Waals surface area (Å²) >= 11 is 0. The number of amides is 1. The fourth-order valence-corrected chi connectivity index (χ4v) is 2.14. The van der Waals surface area contributed by atoms with Gasteiger partial charge in [-0.2, -0.15) is 0 Å². The zero-order valence-electron chi connectivity index (χ0n) is 11.3. The Morgan fingerprint density at radius 2 is 1.94 bits per heavy atom. The summed E-state index contributed by atoms with van der Waals surface area (Å²) in [5, 5.41) is 8.93. The number of likely N-dealkylation sites (N-methyl/N-ethyl adjacent to an activating group) is 1. The third-order valence-electron chi connectivity index (χ3n) is 3.29. The van der Waals surface area contributed by atoms with Gasteiger partial charge in [0.25, 0.3) is 0 Å². The number of aliphatic hydroxyl groups excluding tert-OH is 1. The van der Waals surface area contributed by atoms with Crippen LogP contribution in [0.1, 0.15) is 38.2 Å². The van der Waals surface area contributed by atoms with Gasteiger partial charge in [0.15, 0.2) is 0 Å². The third kappa shape index (κ3) is 4.15. The second-order valence-electron chi connectivity index (χ2n) is 4.42. The van der Waals surface area contributed by atoms with Gasteiger partial charge < -0.3 is 10.0 Å². The van der Waals surface area contributed by atoms with Gasteiger partial charge in [0.1, 0.15) is 0 Å². The van der Waals surface area contributed by atoms with Crippen LogP contribution in [-0.2, 0) is 4.79 Å². The molecule has 0 aliphatic rings. The highest BCUT2D eigenvalue weighted by Crippen LogP contribution is 2.23. The van der Waals surface area contributed by atoms with E-state index in [9.17, 15) is 4.79 Å². The first-order valence-electron chi connectivity index (χ1n) is 6.66. The monoisotopic (exact) mass is 249 g/mol. The number of aliphatic hydroxyl groups is 1. The maximum atomic E-state index is 12.1. The molecule has 0 saturated carbocycles. The maximum Gasteiger partial charge on any atom is 0.223 e. The molecule has 0 saturated heterocycles. The minimum atomic E-state index is 0.0295. The molecule has 1 atom stereocenters. The first-order valence-corrected chi connectivity index (χ1v) is 6.66. The highest BCUT2D eigenvalue weighted by Gasteiger charge is 2.17. The summed E-state index contributed by atoms with van der Waals surface area (Å²) in [5.74, 6) is 0.397. The second kappa shape index (κ2) is 7.88. The van der Waals surface area contributed by atoms with Gasteiger partial charge in [-0.1, -0.05) is 37.3 Å². The van der Waals surface area contributed by atoms with Gasteiger partial charge in [-0.15, -0.1) is 0 Å². The van der Waals surface area contributed by atoms with Crippen LogP contribution in [0.25, 0.3) is 0 Å². The van der Waals surface area contributed by atoms with Crippen molar-refractivity contribution in [3.8, 4) is 0 Å². The summed E-state index contributed by atoms with van der Waals surface area (Å²) in [6.07, 6.45) is 1.47. The van der Waals surface area contributed by atoms with Crippen LogP contribution >= 0.6 is 0 Å². The molecule has 0 aromatic heterocycles. The predicted molar refractivity (Wildman–Crippen MR) is 73.4 cm³/mol. The van der Waals surface area contributed by atoms with Crippen molar-refractivity contribution < 1.29 is 9.90 Å². The molecule has 3 nitrogen and oxygen atoms in total. The molecule has 1 aromatic carbocycles. The van der Waals surface area contributed by atoms with Crippen LogP contribution < -0.4 is 0 Å². The Hall–Kier alpha value is -1.35. The Labute approximate surface area is 109 Å². The van der Waals surface area contributed by atoms with E-state index in [0.29, 0.717) is 19.5 Å². The Kier molecular flexibility index (Phi) is 6.44. The quantitative estimate of drug-likeness (QED) is 0.806. The zero-order valence-corrected chi connectivity index (χ0v) is 11.3. The Bertz CT molecular complexity index is 351. The Morgan fingerprint density at radius 3 is 2.44 bits per heavy atom. The number of rotatable bonds is 7. The van der Waals surface area contributed by atoms with Crippen molar-refractivity contribution in [3.05, 3.63) is 35.9 Å². The van der Waals surface area contributed by atoms with Crippen molar-refractivity contribution in [1.29, 1.82) is 0 Å². The molecule has 0 bridgehead atoms. The van der Waals surface area contributed by atoms with Crippen LogP contribution in [0, 0.1) is 0 Å². The van der Waals surface area contributed by atoms with E-state index < -0.39 is 0 Å². The number of benzene rings is 1. The summed E-state index contributed by atoms with van der Waals surface area (Å²) in [6, 6.07) is 10.2. The summed E-state index contributed by atoms with van der Waals surface area (Å²) < 4.78 is 0. The molecule has 3 heteroatoms. The average Bonchev–Trinajstić information content (AvgIpc) is 2.42. The summed E-state index contributed by atoms with van der Waals surface area (Å²) in [4.78, 5) is 13.8. The zero-order chi connectivity index (χ0) is 13.4. The summed E-state index contributed by atoms with van der Waals surface area (Å²) in [5.41, 5.74) is 1.22. The number of hydrogen-bond acceptors (Lipinski definition) is 2. The molecule has 18 heavy (non-hydrogen) atoms. The van der Waals surface area contributed by atoms with Crippen LogP contribution in [0.4, 0.5) is 0 Å². The van der Waals surface area contributed by atoms with E-state index in [1.54, 1.807) is 4.90 Å². The van der Waals surface area contributed by atoms with E-state index in [0.717, 1.165) is 6.42 Å². The molecule has 0 fully saturated rings. The maximum absolute atomic E-state index is 12.1. The van der Waals surface area contributed by atoms with Gasteiger partial charge in [0, 0.05) is 19.5 Å². The highest BCUT2D eigenvalue weighted by atomic mass is 16.3. The smallest absolute Gasteiger partial charge is 0.223 e. The molecule has 0 aliphatic carbocycles. The van der Waals surface area contributed by atoms with Crippen molar-refractivity contribution in [3.63, 3.8) is 0 Å². The van der Waals surface area contributed by atoms with Crippen molar-refractivity contribution >= 4 is 5.91 Å². The topological polar surface area (TPSA) is 40.5 Å². The average molecular weight is 249 g/mol. The highest BCUT2D eigenvalue weighted by molar-refractivity contribution is 5.77. The lowest BCUT2D eigenvalue weighted by atomic mass is 9.93. The molecule has 1 unspecified atom stereocenters. The minimum absolute atomic E-state index is 0.0295. The number of nitrogens with zero attached hydrogens (tertiary/aromatic N) is 1. The van der Waals surface area contributed by atoms with Crippen molar-refractivity contribution in [2.24, 2.45) is 0 Å². The lowest BCUT2D eigenvalue weighted by molar-refractivity contribution is -0.131. The molecular formula is C15H23NO2. The van der Waals surface area contributed by atoms with Gasteiger partial charge in [-0.05, 0) is 24.8 Å². The Morgan fingerprint density at radius 1 is 1.28 bits per heavy atom. The van der Waals surface area contributed by atoms with Gasteiger partial charge in [0.2, 0.25) is 5.91 Å². The molecule has 0 heterocycles. The Balaban J connectivity index is 2.66. The fraction of sp³-hybridized carbons (Fsp3) is 0.533. The fourth-order valence-electron chi connectivity index (χ4n) is 2.14. The predicted octanol–water partition coefficient (Wildman–Crippen LogP) is 2.41. The largest absolute Gasteiger partial charge is 0.395 e. The summed E-state index contributed by atoms with van der Waals surface area (Å²) in [6.45, 7) is 5.16. The molecule has 1 amide bonds. The molecule has 0 spiro atoms. The molecule has 1 aromatic rings. The van der Waals surface area contributed by atoms with Gasteiger partial charge >= 0.3 is 0 Å². The third-order valence-corrected chi connectivity index (χ3v) is 3.29. The van der Waals surface area contributed by atoms with E-state index in [2.05, 4.69) is 19.1 Å². The number of carbonyl (C=O) groups excluding carboxylic acids is 1. The molecule has 0 radical (unpaired) electrons. The van der Waals surface area contributed by atoms with Crippen LogP contribution in [0.2, 0.25) is 0 Å². The molecular weight excluding hydrogens is 226 g/mol. The summed E-state index contributed by atoms with van der Waals surface area (Å²) in [7, 11) is 0. The normalized spacial score (nSPS) is 12.2. The van der Waals surface area contributed by atoms with Gasteiger partial charge in [-0.3, -0.25) is 4.79 Å². The van der Waals surface area contributed by atoms with Crippen molar-refractivity contribution in [2.45, 2.75) is 32.6 Å².